The highest BCUT2D eigenvalue weighted by Crippen LogP contribution is 2.44. The Labute approximate surface area is 113 Å². The van der Waals surface area contributed by atoms with Crippen molar-refractivity contribution in [3.8, 4) is 0 Å². The topological polar surface area (TPSA) is 84.9 Å². The molecule has 6 nitrogen and oxygen atoms in total. The normalized spacial score (nSPS) is 16.7. The van der Waals surface area contributed by atoms with Crippen LogP contribution < -0.4 is 5.32 Å². The second kappa shape index (κ2) is 8.12. The van der Waals surface area contributed by atoms with Gasteiger partial charge < -0.3 is 19.9 Å². The van der Waals surface area contributed by atoms with Crippen LogP contribution in [-0.4, -0.2) is 50.0 Å². The maximum absolute atomic E-state index is 12.1. The van der Waals surface area contributed by atoms with Gasteiger partial charge in [-0.05, 0) is 26.2 Å². The van der Waals surface area contributed by atoms with E-state index < -0.39 is 5.97 Å². The third-order valence-electron chi connectivity index (χ3n) is 3.48. The van der Waals surface area contributed by atoms with Crippen LogP contribution in [-0.2, 0) is 19.1 Å². The first-order valence-electron chi connectivity index (χ1n) is 6.76. The van der Waals surface area contributed by atoms with Crippen molar-refractivity contribution in [2.45, 2.75) is 32.6 Å². The number of rotatable bonds is 10. The summed E-state index contributed by atoms with van der Waals surface area (Å²) >= 11 is 0. The van der Waals surface area contributed by atoms with Crippen LogP contribution in [0, 0.1) is 5.41 Å². The third kappa shape index (κ3) is 5.16. The Morgan fingerprint density at radius 1 is 1.26 bits per heavy atom. The molecule has 2 N–H and O–H groups in total. The molecule has 0 aliphatic heterocycles. The molecule has 110 valence electrons. The van der Waals surface area contributed by atoms with Crippen LogP contribution in [0.15, 0.2) is 0 Å². The fraction of sp³-hybridized carbons (Fsp3) is 0.846. The molecule has 6 heteroatoms. The number of amides is 1. The highest BCUT2D eigenvalue weighted by Gasteiger charge is 2.43. The second-order valence-electron chi connectivity index (χ2n) is 4.78. The molecular formula is C13H23NO5. The Morgan fingerprint density at radius 2 is 2.00 bits per heavy atom. The Hall–Kier alpha value is -1.14. The summed E-state index contributed by atoms with van der Waals surface area (Å²) < 4.78 is 10.2. The molecule has 0 saturated heterocycles. The van der Waals surface area contributed by atoms with Gasteiger partial charge in [0.15, 0.2) is 0 Å². The molecule has 1 aliphatic carbocycles. The van der Waals surface area contributed by atoms with E-state index in [1.54, 1.807) is 0 Å². The second-order valence-corrected chi connectivity index (χ2v) is 4.78. The van der Waals surface area contributed by atoms with E-state index in [-0.39, 0.29) is 24.5 Å². The lowest BCUT2D eigenvalue weighted by molar-refractivity contribution is -0.142. The summed E-state index contributed by atoms with van der Waals surface area (Å²) in [6, 6.07) is 0. The first-order valence-corrected chi connectivity index (χ1v) is 6.76. The number of carboxylic acids is 1. The van der Waals surface area contributed by atoms with Gasteiger partial charge in [0.2, 0.25) is 5.91 Å². The van der Waals surface area contributed by atoms with Gasteiger partial charge in [-0.3, -0.25) is 4.79 Å². The number of ether oxygens (including phenoxy) is 2. The third-order valence-corrected chi connectivity index (χ3v) is 3.48. The van der Waals surface area contributed by atoms with Gasteiger partial charge in [-0.2, -0.15) is 0 Å². The summed E-state index contributed by atoms with van der Waals surface area (Å²) in [6.45, 7) is 3.46. The van der Waals surface area contributed by atoms with Gasteiger partial charge >= 0.3 is 5.97 Å². The number of carboxylic acid groups (broad SMARTS) is 1. The van der Waals surface area contributed by atoms with Crippen LogP contribution in [0.2, 0.25) is 0 Å². The number of carbonyl (C=O) groups is 2. The van der Waals surface area contributed by atoms with E-state index in [0.717, 1.165) is 25.7 Å². The number of hydrogen-bond donors (Lipinski definition) is 2. The van der Waals surface area contributed by atoms with Crippen molar-refractivity contribution in [2.24, 2.45) is 5.41 Å². The molecule has 0 heterocycles. The number of hydrogen-bond acceptors (Lipinski definition) is 4. The summed E-state index contributed by atoms with van der Waals surface area (Å²) in [7, 11) is 0. The lowest BCUT2D eigenvalue weighted by Crippen LogP contribution is -2.47. The monoisotopic (exact) mass is 273 g/mol. The Balaban J connectivity index is 2.20. The highest BCUT2D eigenvalue weighted by molar-refractivity contribution is 5.83. The largest absolute Gasteiger partial charge is 0.480 e. The van der Waals surface area contributed by atoms with E-state index in [0.29, 0.717) is 19.8 Å². The first kappa shape index (κ1) is 15.9. The minimum Gasteiger partial charge on any atom is -0.480 e. The Morgan fingerprint density at radius 3 is 2.53 bits per heavy atom. The van der Waals surface area contributed by atoms with Gasteiger partial charge in [0.25, 0.3) is 0 Å². The van der Waals surface area contributed by atoms with Gasteiger partial charge in [0.1, 0.15) is 6.61 Å². The molecule has 0 aromatic rings. The molecule has 0 spiro atoms. The van der Waals surface area contributed by atoms with Gasteiger partial charge in [-0.15, -0.1) is 0 Å². The van der Waals surface area contributed by atoms with Crippen molar-refractivity contribution in [3.05, 3.63) is 0 Å². The Bertz CT molecular complexity index is 301. The minimum absolute atomic E-state index is 0.0392. The quantitative estimate of drug-likeness (QED) is 0.575. The number of carbonyl (C=O) groups excluding carboxylic acids is 1. The summed E-state index contributed by atoms with van der Waals surface area (Å²) in [6.07, 6.45) is 3.64. The standard InChI is InChI=1S/C13H23NO5/c1-2-18-8-6-13(4-3-5-13)12(17)14-7-9-19-10-11(15)16/h2-10H2,1H3,(H,14,17)(H,15,16). The summed E-state index contributed by atoms with van der Waals surface area (Å²) in [4.78, 5) is 22.3. The first-order chi connectivity index (χ1) is 9.10. The van der Waals surface area contributed by atoms with Gasteiger partial charge in [-0.1, -0.05) is 6.42 Å². The molecule has 1 fully saturated rings. The molecule has 0 unspecified atom stereocenters. The summed E-state index contributed by atoms with van der Waals surface area (Å²) in [5.74, 6) is -0.962. The molecule has 0 atom stereocenters. The highest BCUT2D eigenvalue weighted by atomic mass is 16.5. The Kier molecular flexibility index (Phi) is 6.80. The fourth-order valence-electron chi connectivity index (χ4n) is 2.19. The van der Waals surface area contributed by atoms with E-state index in [1.807, 2.05) is 6.92 Å². The minimum atomic E-state index is -1.00. The molecule has 0 aromatic carbocycles. The van der Waals surface area contributed by atoms with E-state index in [1.165, 1.54) is 0 Å². The zero-order valence-corrected chi connectivity index (χ0v) is 11.4. The predicted molar refractivity (Wildman–Crippen MR) is 68.9 cm³/mol. The molecule has 0 aromatic heterocycles. The van der Waals surface area contributed by atoms with E-state index in [2.05, 4.69) is 5.32 Å². The van der Waals surface area contributed by atoms with Crippen LogP contribution in [0.3, 0.4) is 0 Å². The van der Waals surface area contributed by atoms with Crippen LogP contribution in [0.5, 0.6) is 0 Å². The molecule has 1 saturated carbocycles. The van der Waals surface area contributed by atoms with Crippen LogP contribution in [0.1, 0.15) is 32.6 Å². The molecule has 1 rings (SSSR count). The molecule has 0 radical (unpaired) electrons. The van der Waals surface area contributed by atoms with Gasteiger partial charge in [0.05, 0.1) is 12.0 Å². The van der Waals surface area contributed by atoms with Crippen molar-refractivity contribution in [1.29, 1.82) is 0 Å². The van der Waals surface area contributed by atoms with Crippen molar-refractivity contribution < 1.29 is 24.2 Å². The lowest BCUT2D eigenvalue weighted by atomic mass is 9.66. The molecule has 0 bridgehead atoms. The van der Waals surface area contributed by atoms with Gasteiger partial charge in [-0.25, -0.2) is 4.79 Å². The van der Waals surface area contributed by atoms with Crippen LogP contribution in [0.25, 0.3) is 0 Å². The average Bonchev–Trinajstić information content (AvgIpc) is 2.31. The maximum Gasteiger partial charge on any atom is 0.329 e. The lowest BCUT2D eigenvalue weighted by Gasteiger charge is -2.40. The molecule has 19 heavy (non-hydrogen) atoms. The zero-order valence-electron chi connectivity index (χ0n) is 11.4. The molecule has 1 amide bonds. The predicted octanol–water partition coefficient (Wildman–Crippen LogP) is 0.801. The van der Waals surface area contributed by atoms with Crippen LogP contribution >= 0.6 is 0 Å². The van der Waals surface area contributed by atoms with Crippen LogP contribution in [0.4, 0.5) is 0 Å². The average molecular weight is 273 g/mol. The van der Waals surface area contributed by atoms with E-state index >= 15 is 0 Å². The fourth-order valence-corrected chi connectivity index (χ4v) is 2.19. The molecule has 1 aliphatic rings. The summed E-state index contributed by atoms with van der Waals surface area (Å²) in [5.41, 5.74) is -0.276. The van der Waals surface area contributed by atoms with Crippen molar-refractivity contribution in [2.75, 3.05) is 33.0 Å². The van der Waals surface area contributed by atoms with E-state index in [9.17, 15) is 9.59 Å². The van der Waals surface area contributed by atoms with Crippen molar-refractivity contribution in [3.63, 3.8) is 0 Å². The number of aliphatic carboxylic acids is 1. The zero-order chi connectivity index (χ0) is 14.1. The van der Waals surface area contributed by atoms with E-state index in [4.69, 9.17) is 14.6 Å². The molecular weight excluding hydrogens is 250 g/mol. The SMILES string of the molecule is CCOCCC1(C(=O)NCCOCC(=O)O)CCC1. The van der Waals surface area contributed by atoms with Crippen molar-refractivity contribution >= 4 is 11.9 Å². The smallest absolute Gasteiger partial charge is 0.329 e. The summed E-state index contributed by atoms with van der Waals surface area (Å²) in [5, 5.41) is 11.2. The van der Waals surface area contributed by atoms with Crippen molar-refractivity contribution in [1.82, 2.24) is 5.32 Å². The maximum atomic E-state index is 12.1. The van der Waals surface area contributed by atoms with Gasteiger partial charge in [0, 0.05) is 19.8 Å². The number of nitrogens with one attached hydrogen (secondary N) is 1.